The van der Waals surface area contributed by atoms with Gasteiger partial charge in [0.25, 0.3) is 0 Å². The van der Waals surface area contributed by atoms with Gasteiger partial charge in [0.2, 0.25) is 0 Å². The molecule has 0 fully saturated rings. The zero-order valence-corrected chi connectivity index (χ0v) is 19.6. The number of carboxylic acids is 1. The molecule has 0 amide bonds. The van der Waals surface area contributed by atoms with Crippen LogP contribution in [0.4, 0.5) is 0 Å². The van der Waals surface area contributed by atoms with Crippen LogP contribution in [0.5, 0.6) is 0 Å². The third kappa shape index (κ3) is 9.26. The van der Waals surface area contributed by atoms with Crippen molar-refractivity contribution in [3.05, 3.63) is 0 Å². The van der Waals surface area contributed by atoms with Crippen LogP contribution in [-0.4, -0.2) is 23.8 Å². The van der Waals surface area contributed by atoms with Crippen LogP contribution in [0.3, 0.4) is 0 Å². The Kier molecular flexibility index (Phi) is 15.9. The molecule has 1 N–H and O–H groups in total. The van der Waals surface area contributed by atoms with Gasteiger partial charge in [-0.25, -0.2) is 9.78 Å². The first kappa shape index (κ1) is 27.4. The molecule has 0 saturated carbocycles. The Morgan fingerprint density at radius 2 is 1.43 bits per heavy atom. The van der Waals surface area contributed by atoms with Crippen LogP contribution in [0.2, 0.25) is 0 Å². The van der Waals surface area contributed by atoms with Crippen LogP contribution in [0.25, 0.3) is 0 Å². The third-order valence-corrected chi connectivity index (χ3v) is 6.45. The highest BCUT2D eigenvalue weighted by Gasteiger charge is 2.46. The van der Waals surface area contributed by atoms with Gasteiger partial charge in [0.1, 0.15) is 6.10 Å². The summed E-state index contributed by atoms with van der Waals surface area (Å²) in [5, 5.41) is 10.2. The van der Waals surface area contributed by atoms with Crippen molar-refractivity contribution in [1.29, 1.82) is 0 Å². The summed E-state index contributed by atoms with van der Waals surface area (Å²) in [6, 6.07) is 0. The van der Waals surface area contributed by atoms with E-state index in [1.165, 1.54) is 12.8 Å². The fraction of sp³-hybridized carbons (Fsp3) is 0.958. The lowest BCUT2D eigenvalue weighted by molar-refractivity contribution is -0.350. The van der Waals surface area contributed by atoms with Crippen molar-refractivity contribution in [1.82, 2.24) is 0 Å². The summed E-state index contributed by atoms with van der Waals surface area (Å²) in [7, 11) is 0. The van der Waals surface area contributed by atoms with Crippen LogP contribution in [0, 0.1) is 17.3 Å². The van der Waals surface area contributed by atoms with Gasteiger partial charge < -0.3 is 5.11 Å². The largest absolute Gasteiger partial charge is 0.481 e. The van der Waals surface area contributed by atoms with E-state index < -0.39 is 11.4 Å². The topological polar surface area (TPSA) is 55.8 Å². The van der Waals surface area contributed by atoms with Gasteiger partial charge in [0.15, 0.2) is 0 Å². The van der Waals surface area contributed by atoms with Crippen LogP contribution in [0.15, 0.2) is 0 Å². The standard InChI is InChI=1S/C24H48O4/c1-7-13-16-20(10-4)18-24(12-6,23(25)26)22(15-9-3)28-27-19-21(11-5)17-14-8-2/h20-22H,7-19H2,1-6H3,(H,25,26). The summed E-state index contributed by atoms with van der Waals surface area (Å²) in [6.07, 6.45) is 11.5. The fourth-order valence-corrected chi connectivity index (χ4v) is 4.13. The molecule has 0 saturated heterocycles. The minimum absolute atomic E-state index is 0.389. The molecular weight excluding hydrogens is 352 g/mol. The first-order valence-electron chi connectivity index (χ1n) is 12.0. The molecule has 0 aliphatic carbocycles. The van der Waals surface area contributed by atoms with Crippen LogP contribution in [0.1, 0.15) is 119 Å². The lowest BCUT2D eigenvalue weighted by Gasteiger charge is -2.38. The maximum absolute atomic E-state index is 12.5. The highest BCUT2D eigenvalue weighted by atomic mass is 17.2. The maximum Gasteiger partial charge on any atom is 0.312 e. The molecule has 0 spiro atoms. The number of carboxylic acid groups (broad SMARTS) is 1. The predicted molar refractivity (Wildman–Crippen MR) is 117 cm³/mol. The van der Waals surface area contributed by atoms with Crippen LogP contribution in [-0.2, 0) is 14.6 Å². The Bertz CT molecular complexity index is 385. The Labute approximate surface area is 174 Å². The van der Waals surface area contributed by atoms with Crippen molar-refractivity contribution in [3.8, 4) is 0 Å². The van der Waals surface area contributed by atoms with Crippen molar-refractivity contribution in [2.75, 3.05) is 6.61 Å². The molecule has 0 rings (SSSR count). The molecule has 0 aromatic heterocycles. The van der Waals surface area contributed by atoms with Gasteiger partial charge >= 0.3 is 5.97 Å². The average molecular weight is 401 g/mol. The van der Waals surface area contributed by atoms with Crippen LogP contribution >= 0.6 is 0 Å². The third-order valence-electron chi connectivity index (χ3n) is 6.45. The van der Waals surface area contributed by atoms with Crippen molar-refractivity contribution in [2.45, 2.75) is 125 Å². The van der Waals surface area contributed by atoms with E-state index in [9.17, 15) is 9.90 Å². The summed E-state index contributed by atoms with van der Waals surface area (Å²) in [5.74, 6) is 0.174. The van der Waals surface area contributed by atoms with Gasteiger partial charge in [-0.2, -0.15) is 0 Å². The molecule has 4 unspecified atom stereocenters. The second-order valence-electron chi connectivity index (χ2n) is 8.51. The molecule has 0 aliphatic rings. The maximum atomic E-state index is 12.5. The van der Waals surface area contributed by atoms with E-state index in [0.717, 1.165) is 51.4 Å². The van der Waals surface area contributed by atoms with E-state index in [0.29, 0.717) is 31.3 Å². The Balaban J connectivity index is 5.21. The second kappa shape index (κ2) is 16.2. The summed E-state index contributed by atoms with van der Waals surface area (Å²) in [4.78, 5) is 24.0. The van der Waals surface area contributed by atoms with Crippen molar-refractivity contribution < 1.29 is 19.7 Å². The molecule has 0 heterocycles. The zero-order valence-electron chi connectivity index (χ0n) is 19.6. The molecule has 0 aromatic carbocycles. The number of rotatable bonds is 19. The van der Waals surface area contributed by atoms with Gasteiger partial charge in [-0.1, -0.05) is 92.9 Å². The molecule has 0 bridgehead atoms. The minimum Gasteiger partial charge on any atom is -0.481 e. The van der Waals surface area contributed by atoms with Gasteiger partial charge in [0.05, 0.1) is 12.0 Å². The zero-order chi connectivity index (χ0) is 21.4. The number of unbranched alkanes of at least 4 members (excludes halogenated alkanes) is 2. The van der Waals surface area contributed by atoms with E-state index in [4.69, 9.17) is 9.78 Å². The highest BCUT2D eigenvalue weighted by molar-refractivity contribution is 5.75. The molecule has 168 valence electrons. The SMILES string of the molecule is CCCCC(CC)COOC(CCC)C(CC)(CC(CC)CCCC)C(=O)O. The van der Waals surface area contributed by atoms with Crippen LogP contribution < -0.4 is 0 Å². The number of hydrogen-bond donors (Lipinski definition) is 1. The van der Waals surface area contributed by atoms with E-state index in [1.54, 1.807) is 0 Å². The number of carbonyl (C=O) groups is 1. The van der Waals surface area contributed by atoms with Gasteiger partial charge in [-0.05, 0) is 37.5 Å². The first-order chi connectivity index (χ1) is 13.4. The molecule has 0 radical (unpaired) electrons. The van der Waals surface area contributed by atoms with Gasteiger partial charge in [-0.15, -0.1) is 0 Å². The first-order valence-corrected chi connectivity index (χ1v) is 12.0. The monoisotopic (exact) mass is 400 g/mol. The van der Waals surface area contributed by atoms with Gasteiger partial charge in [0, 0.05) is 0 Å². The highest BCUT2D eigenvalue weighted by Crippen LogP contribution is 2.41. The smallest absolute Gasteiger partial charge is 0.312 e. The average Bonchev–Trinajstić information content (AvgIpc) is 2.70. The van der Waals surface area contributed by atoms with Crippen molar-refractivity contribution >= 4 is 5.97 Å². The molecule has 0 aromatic rings. The normalized spacial score (nSPS) is 17.1. The van der Waals surface area contributed by atoms with Crippen molar-refractivity contribution in [2.24, 2.45) is 17.3 Å². The lowest BCUT2D eigenvalue weighted by atomic mass is 9.70. The molecule has 4 nitrogen and oxygen atoms in total. The van der Waals surface area contributed by atoms with Gasteiger partial charge in [-0.3, -0.25) is 4.79 Å². The fourth-order valence-electron chi connectivity index (χ4n) is 4.13. The Morgan fingerprint density at radius 1 is 0.857 bits per heavy atom. The van der Waals surface area contributed by atoms with E-state index in [2.05, 4.69) is 34.6 Å². The molecular formula is C24H48O4. The second-order valence-corrected chi connectivity index (χ2v) is 8.51. The summed E-state index contributed by atoms with van der Waals surface area (Å²) < 4.78 is 0. The number of aliphatic carboxylic acids is 1. The Hall–Kier alpha value is -0.610. The number of hydrogen-bond acceptors (Lipinski definition) is 3. The lowest BCUT2D eigenvalue weighted by Crippen LogP contribution is -2.45. The van der Waals surface area contributed by atoms with Crippen molar-refractivity contribution in [3.63, 3.8) is 0 Å². The molecule has 4 atom stereocenters. The predicted octanol–water partition coefficient (Wildman–Crippen LogP) is 7.41. The molecule has 4 heteroatoms. The quantitative estimate of drug-likeness (QED) is 0.181. The molecule has 28 heavy (non-hydrogen) atoms. The minimum atomic E-state index is -0.866. The summed E-state index contributed by atoms with van der Waals surface area (Å²) in [5.41, 5.74) is -0.866. The summed E-state index contributed by atoms with van der Waals surface area (Å²) >= 11 is 0. The van der Waals surface area contributed by atoms with E-state index in [1.807, 2.05) is 6.92 Å². The summed E-state index contributed by atoms with van der Waals surface area (Å²) in [6.45, 7) is 13.4. The molecule has 0 aliphatic heterocycles. The van der Waals surface area contributed by atoms with E-state index in [-0.39, 0.29) is 6.10 Å². The van der Waals surface area contributed by atoms with E-state index >= 15 is 0 Å². The Morgan fingerprint density at radius 3 is 1.86 bits per heavy atom.